The fraction of sp³-hybridized carbons (Fsp3) is 0.290. The van der Waals surface area contributed by atoms with E-state index in [1.807, 2.05) is 0 Å². The highest BCUT2D eigenvalue weighted by Crippen LogP contribution is 2.32. The smallest absolute Gasteiger partial charge is 0.422 e. The maximum Gasteiger partial charge on any atom is 0.422 e. The lowest BCUT2D eigenvalue weighted by atomic mass is 9.95. The number of benzene rings is 4. The van der Waals surface area contributed by atoms with Gasteiger partial charge in [0.15, 0.2) is 6.61 Å². The van der Waals surface area contributed by atoms with Crippen molar-refractivity contribution in [1.29, 1.82) is 0 Å². The van der Waals surface area contributed by atoms with E-state index in [0.717, 1.165) is 24.8 Å². The van der Waals surface area contributed by atoms with Crippen LogP contribution in [0.2, 0.25) is 0 Å². The topological polar surface area (TPSA) is 9.23 Å². The summed E-state index contributed by atoms with van der Waals surface area (Å²) >= 11 is 0. The molecule has 4 aromatic carbocycles. The summed E-state index contributed by atoms with van der Waals surface area (Å²) in [6.07, 6.45) is -0.0627. The molecule has 0 amide bonds. The first kappa shape index (κ1) is 27.6. The fourth-order valence-corrected chi connectivity index (χ4v) is 4.51. The predicted octanol–water partition coefficient (Wildman–Crippen LogP) is 9.38. The Bertz CT molecular complexity index is 1370. The number of hydrogen-bond donors (Lipinski definition) is 0. The molecular weight excluding hydrogens is 502 g/mol. The Balaban J connectivity index is 1.48. The zero-order chi connectivity index (χ0) is 27.3. The van der Waals surface area contributed by atoms with Crippen molar-refractivity contribution in [1.82, 2.24) is 0 Å². The van der Waals surface area contributed by atoms with E-state index in [4.69, 9.17) is 4.74 Å². The van der Waals surface area contributed by atoms with Crippen LogP contribution in [0, 0.1) is 17.5 Å². The maximum absolute atomic E-state index is 15.3. The van der Waals surface area contributed by atoms with Gasteiger partial charge in [0, 0.05) is 5.39 Å². The lowest BCUT2D eigenvalue weighted by molar-refractivity contribution is -0.153. The third kappa shape index (κ3) is 6.88. The van der Waals surface area contributed by atoms with Crippen molar-refractivity contribution in [3.05, 3.63) is 101 Å². The minimum absolute atomic E-state index is 0.109. The first-order valence-electron chi connectivity index (χ1n) is 12.6. The lowest BCUT2D eigenvalue weighted by Gasteiger charge is -2.12. The predicted molar refractivity (Wildman–Crippen MR) is 138 cm³/mol. The van der Waals surface area contributed by atoms with Gasteiger partial charge >= 0.3 is 6.18 Å². The third-order valence-corrected chi connectivity index (χ3v) is 6.50. The number of halogens is 6. The Hall–Kier alpha value is -3.48. The van der Waals surface area contributed by atoms with Crippen molar-refractivity contribution in [3.63, 3.8) is 0 Å². The normalized spacial score (nSPS) is 11.8. The van der Waals surface area contributed by atoms with Crippen LogP contribution in [0.15, 0.2) is 66.7 Å². The molecule has 0 aliphatic rings. The Morgan fingerprint density at radius 3 is 2.08 bits per heavy atom. The van der Waals surface area contributed by atoms with Crippen LogP contribution in [0.1, 0.15) is 42.9 Å². The average Bonchev–Trinajstić information content (AvgIpc) is 2.87. The van der Waals surface area contributed by atoms with Crippen LogP contribution in [0.3, 0.4) is 0 Å². The molecule has 0 aromatic heterocycles. The van der Waals surface area contributed by atoms with Gasteiger partial charge in [0.05, 0.1) is 5.56 Å². The number of alkyl halides is 3. The van der Waals surface area contributed by atoms with Crippen LogP contribution < -0.4 is 4.74 Å². The summed E-state index contributed by atoms with van der Waals surface area (Å²) in [6, 6.07) is 17.0. The van der Waals surface area contributed by atoms with E-state index >= 15 is 4.39 Å². The number of ether oxygens (including phenoxy) is 1. The molecule has 4 rings (SSSR count). The quantitative estimate of drug-likeness (QED) is 0.147. The van der Waals surface area contributed by atoms with Crippen molar-refractivity contribution < 1.29 is 31.1 Å². The molecule has 0 saturated heterocycles. The summed E-state index contributed by atoms with van der Waals surface area (Å²) in [5.74, 6) is -1.57. The molecule has 7 heteroatoms. The standard InChI is InChI=1S/C31H28F6O/c1-2-3-4-5-21-16-27(32)29(28(33)17-21)24-12-15-26-23(18-24)11-10-22(30(26)34)9-6-20-7-13-25(14-8-20)38-19-31(35,36)37/h7-8,10-18H,2-6,9,19H2,1H3. The van der Waals surface area contributed by atoms with E-state index in [2.05, 4.69) is 6.92 Å². The Kier molecular flexibility index (Phi) is 8.65. The molecular formula is C31H28F6O. The molecule has 0 N–H and O–H groups in total. The van der Waals surface area contributed by atoms with Crippen LogP contribution in [-0.2, 0) is 19.3 Å². The fourth-order valence-electron chi connectivity index (χ4n) is 4.51. The zero-order valence-electron chi connectivity index (χ0n) is 21.0. The summed E-state index contributed by atoms with van der Waals surface area (Å²) in [4.78, 5) is 0. The summed E-state index contributed by atoms with van der Waals surface area (Å²) in [6.45, 7) is 0.706. The first-order chi connectivity index (χ1) is 18.1. The van der Waals surface area contributed by atoms with E-state index in [-0.39, 0.29) is 11.3 Å². The van der Waals surface area contributed by atoms with Crippen molar-refractivity contribution in [3.8, 4) is 16.9 Å². The molecule has 0 atom stereocenters. The van der Waals surface area contributed by atoms with Gasteiger partial charge in [-0.1, -0.05) is 56.2 Å². The highest BCUT2D eigenvalue weighted by molar-refractivity contribution is 5.88. The molecule has 38 heavy (non-hydrogen) atoms. The summed E-state index contributed by atoms with van der Waals surface area (Å²) in [5, 5.41) is 0.875. The van der Waals surface area contributed by atoms with Crippen LogP contribution in [0.25, 0.3) is 21.9 Å². The first-order valence-corrected chi connectivity index (χ1v) is 12.6. The van der Waals surface area contributed by atoms with E-state index in [0.29, 0.717) is 46.7 Å². The van der Waals surface area contributed by atoms with Crippen molar-refractivity contribution in [2.45, 2.75) is 51.6 Å². The van der Waals surface area contributed by atoms with Gasteiger partial charge in [0.25, 0.3) is 0 Å². The Morgan fingerprint density at radius 1 is 0.711 bits per heavy atom. The molecule has 4 aromatic rings. The second-order valence-electron chi connectivity index (χ2n) is 9.41. The molecule has 0 radical (unpaired) electrons. The SMILES string of the molecule is CCCCCc1cc(F)c(-c2ccc3c(F)c(CCc4ccc(OCC(F)(F)F)cc4)ccc3c2)c(F)c1. The number of fused-ring (bicyclic) bond motifs is 1. The molecule has 0 aliphatic carbocycles. The summed E-state index contributed by atoms with van der Waals surface area (Å²) in [7, 11) is 0. The molecule has 1 nitrogen and oxygen atoms in total. The molecule has 0 bridgehead atoms. The number of unbranched alkanes of at least 4 members (excludes halogenated alkanes) is 2. The molecule has 0 saturated carbocycles. The van der Waals surface area contributed by atoms with Crippen LogP contribution >= 0.6 is 0 Å². The van der Waals surface area contributed by atoms with E-state index < -0.39 is 30.2 Å². The Labute approximate surface area is 218 Å². The van der Waals surface area contributed by atoms with Gasteiger partial charge in [-0.2, -0.15) is 13.2 Å². The van der Waals surface area contributed by atoms with Crippen molar-refractivity contribution in [2.75, 3.05) is 6.61 Å². The zero-order valence-corrected chi connectivity index (χ0v) is 21.0. The molecule has 0 spiro atoms. The largest absolute Gasteiger partial charge is 0.484 e. The summed E-state index contributed by atoms with van der Waals surface area (Å²) in [5.41, 5.74) is 2.13. The highest BCUT2D eigenvalue weighted by atomic mass is 19.4. The molecule has 0 aliphatic heterocycles. The minimum Gasteiger partial charge on any atom is -0.484 e. The monoisotopic (exact) mass is 530 g/mol. The number of aryl methyl sites for hydroxylation is 3. The average molecular weight is 531 g/mol. The summed E-state index contributed by atoms with van der Waals surface area (Å²) < 4.78 is 86.6. The van der Waals surface area contributed by atoms with E-state index in [1.165, 1.54) is 36.4 Å². The second-order valence-corrected chi connectivity index (χ2v) is 9.41. The second kappa shape index (κ2) is 11.9. The van der Waals surface area contributed by atoms with Crippen LogP contribution in [-0.4, -0.2) is 12.8 Å². The number of rotatable bonds is 10. The Morgan fingerprint density at radius 2 is 1.42 bits per heavy atom. The highest BCUT2D eigenvalue weighted by Gasteiger charge is 2.28. The van der Waals surface area contributed by atoms with Crippen LogP contribution in [0.5, 0.6) is 5.75 Å². The lowest BCUT2D eigenvalue weighted by Crippen LogP contribution is -2.19. The van der Waals surface area contributed by atoms with Crippen LogP contribution in [0.4, 0.5) is 26.3 Å². The van der Waals surface area contributed by atoms with Gasteiger partial charge < -0.3 is 4.74 Å². The van der Waals surface area contributed by atoms with Gasteiger partial charge in [-0.25, -0.2) is 13.2 Å². The minimum atomic E-state index is -4.41. The molecule has 0 unspecified atom stereocenters. The van der Waals surface area contributed by atoms with Crippen molar-refractivity contribution in [2.24, 2.45) is 0 Å². The molecule has 200 valence electrons. The van der Waals surface area contributed by atoms with Gasteiger partial charge in [-0.15, -0.1) is 0 Å². The molecule has 0 heterocycles. The van der Waals surface area contributed by atoms with Gasteiger partial charge in [0.2, 0.25) is 0 Å². The van der Waals surface area contributed by atoms with Gasteiger partial charge in [-0.3, -0.25) is 0 Å². The van der Waals surface area contributed by atoms with E-state index in [9.17, 15) is 22.0 Å². The number of hydrogen-bond acceptors (Lipinski definition) is 1. The molecule has 0 fully saturated rings. The van der Waals surface area contributed by atoms with E-state index in [1.54, 1.807) is 30.3 Å². The maximum atomic E-state index is 15.3. The third-order valence-electron chi connectivity index (χ3n) is 6.50. The van der Waals surface area contributed by atoms with Gasteiger partial charge in [0.1, 0.15) is 23.2 Å². The van der Waals surface area contributed by atoms with Gasteiger partial charge in [-0.05, 0) is 83.7 Å². The van der Waals surface area contributed by atoms with Crippen molar-refractivity contribution >= 4 is 10.8 Å².